The van der Waals surface area contributed by atoms with Crippen LogP contribution in [0.25, 0.3) is 0 Å². The Labute approximate surface area is 246 Å². The Morgan fingerprint density at radius 3 is 0.529 bits per heavy atom. The third-order valence-corrected chi connectivity index (χ3v) is 0. The Hall–Kier alpha value is 4.68. The Kier molecular flexibility index (Phi) is 336. The van der Waals surface area contributed by atoms with Crippen molar-refractivity contribution < 1.29 is 51.9 Å². The average molecular weight is 392 g/mol. The van der Waals surface area contributed by atoms with Gasteiger partial charge in [0.2, 0.25) is 0 Å². The van der Waals surface area contributed by atoms with Gasteiger partial charge >= 0.3 is 201 Å². The van der Waals surface area contributed by atoms with Gasteiger partial charge in [-0.15, -0.1) is 0 Å². The van der Waals surface area contributed by atoms with Gasteiger partial charge in [-0.1, -0.05) is 0 Å². The van der Waals surface area contributed by atoms with Crippen LogP contribution in [0.2, 0.25) is 0 Å². The van der Waals surface area contributed by atoms with Crippen LogP contribution in [0.3, 0.4) is 0 Å². The number of carbonyl (C=O) groups is 2. The molecule has 0 aromatic rings. The zero-order valence-corrected chi connectivity index (χ0v) is 20.0. The summed E-state index contributed by atoms with van der Waals surface area (Å²) in [6, 6.07) is 0. The average Bonchev–Trinajstić information content (AvgIpc) is 1.25. The molecule has 10 nitrogen and oxygen atoms in total. The molecule has 0 fully saturated rings. The number of hydrogen-bond acceptors (Lipinski definition) is 2. The molecule has 0 saturated carbocycles. The van der Waals surface area contributed by atoms with Crippen molar-refractivity contribution in [3.63, 3.8) is 0 Å². The van der Waals surface area contributed by atoms with E-state index in [4.69, 9.17) is 30.0 Å². The standard InChI is InChI=1S/2CH2O3.5Ca.2H2O.2O/c2*2-1(3)4;;;;;;;;;/h2*(H2,2,3,4);;;;;;2*1H2;;/q;;5*+2;;;2*-2. The quantitative estimate of drug-likeness (QED) is 0.307. The minimum atomic E-state index is -1.83. The molecular formula is C2H8Ca5O10+6. The van der Waals surface area contributed by atoms with E-state index in [2.05, 4.69) is 0 Å². The van der Waals surface area contributed by atoms with Gasteiger partial charge in [0.1, 0.15) is 0 Å². The molecule has 17 heavy (non-hydrogen) atoms. The van der Waals surface area contributed by atoms with Crippen molar-refractivity contribution in [1.29, 1.82) is 0 Å². The fraction of sp³-hybridized carbons (Fsp3) is 0. The smallest absolute Gasteiger partial charge is 2.00 e. The monoisotopic (exact) mass is 392 g/mol. The van der Waals surface area contributed by atoms with Crippen molar-refractivity contribution >= 4 is 201 Å². The number of hydrogen-bond donors (Lipinski definition) is 4. The summed E-state index contributed by atoms with van der Waals surface area (Å²) in [6.45, 7) is 0. The van der Waals surface area contributed by atoms with E-state index in [1.165, 1.54) is 0 Å². The van der Waals surface area contributed by atoms with Crippen LogP contribution in [0.4, 0.5) is 9.59 Å². The number of carboxylic acid groups (broad SMARTS) is 4. The van der Waals surface area contributed by atoms with E-state index in [1.54, 1.807) is 0 Å². The topological polar surface area (TPSA) is 235 Å². The summed E-state index contributed by atoms with van der Waals surface area (Å²) in [5, 5.41) is 27.9. The Balaban J connectivity index is -0.00000000308. The van der Waals surface area contributed by atoms with Gasteiger partial charge in [-0.25, -0.2) is 9.59 Å². The van der Waals surface area contributed by atoms with Crippen LogP contribution in [0.1, 0.15) is 0 Å². The van der Waals surface area contributed by atoms with E-state index < -0.39 is 12.3 Å². The molecule has 80 valence electrons. The molecule has 0 aliphatic rings. The first-order valence-corrected chi connectivity index (χ1v) is 1.30. The summed E-state index contributed by atoms with van der Waals surface area (Å²) in [4.78, 5) is 17.1. The molecule has 0 radical (unpaired) electrons. The molecule has 0 aliphatic carbocycles. The molecule has 0 amide bonds. The predicted octanol–water partition coefficient (Wildman–Crippen LogP) is -3.35. The van der Waals surface area contributed by atoms with Gasteiger partial charge in [0.05, 0.1) is 0 Å². The summed E-state index contributed by atoms with van der Waals surface area (Å²) >= 11 is 0. The summed E-state index contributed by atoms with van der Waals surface area (Å²) in [5.41, 5.74) is 0. The van der Waals surface area contributed by atoms with Gasteiger partial charge in [-0.3, -0.25) is 0 Å². The van der Waals surface area contributed by atoms with E-state index >= 15 is 0 Å². The Morgan fingerprint density at radius 2 is 0.529 bits per heavy atom. The maximum absolute atomic E-state index is 8.56. The van der Waals surface area contributed by atoms with Crippen molar-refractivity contribution in [3.8, 4) is 0 Å². The second-order valence-electron chi connectivity index (χ2n) is 0.565. The van der Waals surface area contributed by atoms with Gasteiger partial charge in [0.15, 0.2) is 0 Å². The molecule has 0 atom stereocenters. The Bertz CT molecular complexity index is 80.7. The summed E-state index contributed by atoms with van der Waals surface area (Å²) in [6.07, 6.45) is -3.67. The third kappa shape index (κ3) is 330. The van der Waals surface area contributed by atoms with Crippen LogP contribution in [-0.2, 0) is 11.0 Å². The molecule has 0 aromatic heterocycles. The minimum Gasteiger partial charge on any atom is -2.00 e. The van der Waals surface area contributed by atoms with E-state index in [1.807, 2.05) is 0 Å². The van der Waals surface area contributed by atoms with Gasteiger partial charge in [0.25, 0.3) is 0 Å². The second kappa shape index (κ2) is 70.2. The van der Waals surface area contributed by atoms with Crippen molar-refractivity contribution in [1.82, 2.24) is 0 Å². The molecular weight excluding hydrogens is 384 g/mol. The van der Waals surface area contributed by atoms with Gasteiger partial charge in [-0.2, -0.15) is 0 Å². The van der Waals surface area contributed by atoms with Crippen LogP contribution in [0, 0.1) is 0 Å². The fourth-order valence-electron chi connectivity index (χ4n) is 0. The molecule has 15 heteroatoms. The maximum Gasteiger partial charge on any atom is 2.00 e. The molecule has 0 spiro atoms. The molecule has 8 N–H and O–H groups in total. The third-order valence-electron chi connectivity index (χ3n) is 0. The molecule has 0 saturated heterocycles. The zero-order chi connectivity index (χ0) is 7.15. The summed E-state index contributed by atoms with van der Waals surface area (Å²) in [7, 11) is 0. The summed E-state index contributed by atoms with van der Waals surface area (Å²) in [5.74, 6) is 0. The van der Waals surface area contributed by atoms with E-state index in [-0.39, 0.29) is 211 Å². The Morgan fingerprint density at radius 1 is 0.529 bits per heavy atom. The van der Waals surface area contributed by atoms with Crippen molar-refractivity contribution in [2.75, 3.05) is 0 Å². The summed E-state index contributed by atoms with van der Waals surface area (Å²) < 4.78 is 0. The number of rotatable bonds is 0. The van der Waals surface area contributed by atoms with Crippen LogP contribution in [-0.4, -0.2) is 232 Å². The van der Waals surface area contributed by atoms with Gasteiger partial charge < -0.3 is 42.3 Å². The molecule has 0 heterocycles. The maximum atomic E-state index is 8.56. The van der Waals surface area contributed by atoms with E-state index in [9.17, 15) is 0 Å². The van der Waals surface area contributed by atoms with Crippen LogP contribution in [0.5, 0.6) is 0 Å². The van der Waals surface area contributed by atoms with E-state index in [0.717, 1.165) is 0 Å². The normalized spacial score (nSPS) is 2.82. The van der Waals surface area contributed by atoms with Crippen molar-refractivity contribution in [2.45, 2.75) is 0 Å². The van der Waals surface area contributed by atoms with Crippen molar-refractivity contribution in [3.05, 3.63) is 0 Å². The molecule has 0 aromatic carbocycles. The minimum absolute atomic E-state index is 0. The van der Waals surface area contributed by atoms with Crippen LogP contribution < -0.4 is 0 Å². The van der Waals surface area contributed by atoms with Crippen LogP contribution >= 0.6 is 0 Å². The first kappa shape index (κ1) is 81.3. The molecule has 0 unspecified atom stereocenters. The molecule has 0 rings (SSSR count). The first-order chi connectivity index (χ1) is 3.46. The molecule has 0 aliphatic heterocycles. The van der Waals surface area contributed by atoms with E-state index in [0.29, 0.717) is 0 Å². The first-order valence-electron chi connectivity index (χ1n) is 1.30. The largest absolute Gasteiger partial charge is 2.00 e. The van der Waals surface area contributed by atoms with Gasteiger partial charge in [0, 0.05) is 0 Å². The van der Waals surface area contributed by atoms with Crippen LogP contribution in [0.15, 0.2) is 0 Å². The predicted molar refractivity (Wildman–Crippen MR) is 58.7 cm³/mol. The zero-order valence-electron chi connectivity index (χ0n) is 8.96. The fourth-order valence-corrected chi connectivity index (χ4v) is 0. The SMILES string of the molecule is O.O.O=C(O)O.O=C(O)O.[Ca+2].[Ca+2].[Ca+2].[Ca+2].[Ca+2].[O-2].[O-2]. The van der Waals surface area contributed by atoms with Gasteiger partial charge in [-0.05, 0) is 0 Å². The molecule has 0 bridgehead atoms. The van der Waals surface area contributed by atoms with Crippen molar-refractivity contribution in [2.24, 2.45) is 0 Å². The second-order valence-corrected chi connectivity index (χ2v) is 0.565.